The van der Waals surface area contributed by atoms with Gasteiger partial charge in [-0.1, -0.05) is 6.07 Å². The molecule has 150 valence electrons. The van der Waals surface area contributed by atoms with Gasteiger partial charge in [-0.25, -0.2) is 14.8 Å². The SMILES string of the molecule is CNc1cc(-c2cc(-c3cc(NC(N)=O)ccc3C)cc(OCCO)n2)ccn1. The molecular weight excluding hydrogens is 370 g/mol. The molecule has 3 rings (SSSR count). The molecule has 0 aliphatic heterocycles. The summed E-state index contributed by atoms with van der Waals surface area (Å²) in [4.78, 5) is 20.0. The number of nitrogens with two attached hydrogens (primary N) is 1. The van der Waals surface area contributed by atoms with Crippen molar-refractivity contribution in [2.75, 3.05) is 30.9 Å². The number of carbonyl (C=O) groups is 1. The molecule has 8 heteroatoms. The standard InChI is InChI=1S/C21H23N5O3/c1-13-3-4-16(25-21(22)28)12-17(13)15-9-18(26-20(11-15)29-8-7-27)14-5-6-24-19(10-14)23-2/h3-6,9-12,27H,7-8H2,1-2H3,(H,23,24)(H3,22,25,28). The van der Waals surface area contributed by atoms with E-state index in [1.54, 1.807) is 25.4 Å². The summed E-state index contributed by atoms with van der Waals surface area (Å²) in [6.45, 7) is 2.00. The number of nitrogens with zero attached hydrogens (tertiary/aromatic N) is 2. The number of aliphatic hydroxyl groups excluding tert-OH is 1. The van der Waals surface area contributed by atoms with Crippen molar-refractivity contribution in [1.82, 2.24) is 9.97 Å². The van der Waals surface area contributed by atoms with Gasteiger partial charge in [0, 0.05) is 30.6 Å². The van der Waals surface area contributed by atoms with E-state index in [1.165, 1.54) is 0 Å². The first-order valence-corrected chi connectivity index (χ1v) is 9.07. The highest BCUT2D eigenvalue weighted by atomic mass is 16.5. The van der Waals surface area contributed by atoms with Crippen molar-refractivity contribution in [2.45, 2.75) is 6.92 Å². The topological polar surface area (TPSA) is 122 Å². The van der Waals surface area contributed by atoms with E-state index in [2.05, 4.69) is 20.6 Å². The second-order valence-electron chi connectivity index (χ2n) is 6.35. The zero-order valence-electron chi connectivity index (χ0n) is 16.3. The summed E-state index contributed by atoms with van der Waals surface area (Å²) in [7, 11) is 1.80. The summed E-state index contributed by atoms with van der Waals surface area (Å²) in [6, 6.07) is 12.4. The van der Waals surface area contributed by atoms with Crippen LogP contribution in [0.4, 0.5) is 16.3 Å². The number of primary amides is 1. The summed E-state index contributed by atoms with van der Waals surface area (Å²) in [5, 5.41) is 14.7. The van der Waals surface area contributed by atoms with Gasteiger partial charge in [0.1, 0.15) is 12.4 Å². The first kappa shape index (κ1) is 20.1. The van der Waals surface area contributed by atoms with Crippen molar-refractivity contribution in [3.05, 3.63) is 54.2 Å². The molecular formula is C21H23N5O3. The number of ether oxygens (including phenoxy) is 1. The zero-order valence-corrected chi connectivity index (χ0v) is 16.3. The van der Waals surface area contributed by atoms with Gasteiger partial charge in [0.15, 0.2) is 0 Å². The van der Waals surface area contributed by atoms with Gasteiger partial charge in [0.2, 0.25) is 5.88 Å². The number of pyridine rings is 2. The molecule has 0 saturated heterocycles. The Hall–Kier alpha value is -3.65. The number of aliphatic hydroxyl groups is 1. The lowest BCUT2D eigenvalue weighted by Crippen LogP contribution is -2.19. The van der Waals surface area contributed by atoms with Crippen LogP contribution in [0.3, 0.4) is 0 Å². The quantitative estimate of drug-likeness (QED) is 0.489. The van der Waals surface area contributed by atoms with E-state index >= 15 is 0 Å². The highest BCUT2D eigenvalue weighted by Gasteiger charge is 2.12. The third kappa shape index (κ3) is 4.99. The largest absolute Gasteiger partial charge is 0.475 e. The molecule has 0 aliphatic rings. The van der Waals surface area contributed by atoms with Gasteiger partial charge in [-0.2, -0.15) is 0 Å². The van der Waals surface area contributed by atoms with Gasteiger partial charge in [-0.05, 0) is 53.9 Å². The van der Waals surface area contributed by atoms with E-state index in [9.17, 15) is 4.79 Å². The number of urea groups is 1. The Labute approximate surface area is 168 Å². The molecule has 5 N–H and O–H groups in total. The van der Waals surface area contributed by atoms with Crippen LogP contribution in [0, 0.1) is 6.92 Å². The smallest absolute Gasteiger partial charge is 0.316 e. The van der Waals surface area contributed by atoms with Crippen LogP contribution in [0.2, 0.25) is 0 Å². The van der Waals surface area contributed by atoms with Crippen LogP contribution in [-0.2, 0) is 0 Å². The van der Waals surface area contributed by atoms with Crippen molar-refractivity contribution in [3.63, 3.8) is 0 Å². The van der Waals surface area contributed by atoms with Crippen LogP contribution in [0.5, 0.6) is 5.88 Å². The molecule has 0 bridgehead atoms. The molecule has 0 fully saturated rings. The van der Waals surface area contributed by atoms with E-state index in [-0.39, 0.29) is 13.2 Å². The molecule has 0 radical (unpaired) electrons. The Balaban J connectivity index is 2.12. The third-order valence-corrected chi connectivity index (χ3v) is 4.27. The normalized spacial score (nSPS) is 10.4. The maximum Gasteiger partial charge on any atom is 0.316 e. The average molecular weight is 393 g/mol. The molecule has 3 aromatic rings. The van der Waals surface area contributed by atoms with Crippen molar-refractivity contribution in [3.8, 4) is 28.3 Å². The number of rotatable bonds is 7. The van der Waals surface area contributed by atoms with Crippen LogP contribution in [0.25, 0.3) is 22.4 Å². The van der Waals surface area contributed by atoms with Crippen molar-refractivity contribution in [1.29, 1.82) is 0 Å². The first-order chi connectivity index (χ1) is 14.0. The van der Waals surface area contributed by atoms with Crippen LogP contribution >= 0.6 is 0 Å². The van der Waals surface area contributed by atoms with Crippen LogP contribution in [0.1, 0.15) is 5.56 Å². The van der Waals surface area contributed by atoms with Crippen LogP contribution < -0.4 is 21.1 Å². The molecule has 0 aliphatic carbocycles. The molecule has 2 amide bonds. The van der Waals surface area contributed by atoms with E-state index in [0.717, 1.165) is 28.1 Å². The number of nitrogens with one attached hydrogen (secondary N) is 2. The molecule has 2 aromatic heterocycles. The van der Waals surface area contributed by atoms with Gasteiger partial charge in [0.05, 0.1) is 12.3 Å². The van der Waals surface area contributed by atoms with Crippen LogP contribution in [0.15, 0.2) is 48.7 Å². The number of carbonyl (C=O) groups excluding carboxylic acids is 1. The number of benzene rings is 1. The molecule has 29 heavy (non-hydrogen) atoms. The number of anilines is 2. The first-order valence-electron chi connectivity index (χ1n) is 9.07. The molecule has 0 spiro atoms. The van der Waals surface area contributed by atoms with Crippen molar-refractivity contribution >= 4 is 17.5 Å². The average Bonchev–Trinajstić information content (AvgIpc) is 2.73. The fourth-order valence-electron chi connectivity index (χ4n) is 2.91. The second-order valence-corrected chi connectivity index (χ2v) is 6.35. The molecule has 1 aromatic carbocycles. The maximum atomic E-state index is 11.2. The van der Waals surface area contributed by atoms with E-state index < -0.39 is 6.03 Å². The third-order valence-electron chi connectivity index (χ3n) is 4.27. The summed E-state index contributed by atoms with van der Waals surface area (Å²) in [5.74, 6) is 1.11. The predicted octanol–water partition coefficient (Wildman–Crippen LogP) is 3.02. The van der Waals surface area contributed by atoms with E-state index in [0.29, 0.717) is 17.3 Å². The molecule has 8 nitrogen and oxygen atoms in total. The summed E-state index contributed by atoms with van der Waals surface area (Å²) in [5.41, 5.74) is 10.2. The van der Waals surface area contributed by atoms with E-state index in [1.807, 2.05) is 37.3 Å². The maximum absolute atomic E-state index is 11.2. The Morgan fingerprint density at radius 2 is 2.00 bits per heavy atom. The minimum absolute atomic E-state index is 0.114. The van der Waals surface area contributed by atoms with Gasteiger partial charge in [-0.3, -0.25) is 0 Å². The monoisotopic (exact) mass is 393 g/mol. The number of aryl methyl sites for hydroxylation is 1. The highest BCUT2D eigenvalue weighted by Crippen LogP contribution is 2.32. The Morgan fingerprint density at radius 1 is 1.17 bits per heavy atom. The lowest BCUT2D eigenvalue weighted by atomic mass is 9.98. The van der Waals surface area contributed by atoms with Gasteiger partial charge in [-0.15, -0.1) is 0 Å². The summed E-state index contributed by atoms with van der Waals surface area (Å²) in [6.07, 6.45) is 1.70. The fourth-order valence-corrected chi connectivity index (χ4v) is 2.91. The Bertz CT molecular complexity index is 1020. The van der Waals surface area contributed by atoms with Crippen molar-refractivity contribution in [2.24, 2.45) is 5.73 Å². The summed E-state index contributed by atoms with van der Waals surface area (Å²) >= 11 is 0. The molecule has 2 heterocycles. The molecule has 0 unspecified atom stereocenters. The number of hydrogen-bond acceptors (Lipinski definition) is 6. The number of hydrogen-bond donors (Lipinski definition) is 4. The zero-order chi connectivity index (χ0) is 20.8. The predicted molar refractivity (Wildman–Crippen MR) is 113 cm³/mol. The Morgan fingerprint density at radius 3 is 2.72 bits per heavy atom. The minimum Gasteiger partial charge on any atom is -0.475 e. The Kier molecular flexibility index (Phi) is 6.25. The number of aromatic nitrogens is 2. The summed E-state index contributed by atoms with van der Waals surface area (Å²) < 4.78 is 5.59. The lowest BCUT2D eigenvalue weighted by Gasteiger charge is -2.13. The van der Waals surface area contributed by atoms with Crippen LogP contribution in [-0.4, -0.2) is 41.4 Å². The fraction of sp³-hybridized carbons (Fsp3) is 0.190. The minimum atomic E-state index is -0.626. The van der Waals surface area contributed by atoms with Crippen molar-refractivity contribution < 1.29 is 14.6 Å². The van der Waals surface area contributed by atoms with Gasteiger partial charge < -0.3 is 26.2 Å². The molecule has 0 atom stereocenters. The van der Waals surface area contributed by atoms with E-state index in [4.69, 9.17) is 15.6 Å². The highest BCUT2D eigenvalue weighted by molar-refractivity contribution is 5.89. The van der Waals surface area contributed by atoms with Gasteiger partial charge >= 0.3 is 6.03 Å². The molecule has 0 saturated carbocycles. The second kappa shape index (κ2) is 9.03. The lowest BCUT2D eigenvalue weighted by molar-refractivity contribution is 0.197. The van der Waals surface area contributed by atoms with Gasteiger partial charge in [0.25, 0.3) is 0 Å². The number of amides is 2.